The van der Waals surface area contributed by atoms with Crippen LogP contribution in [0.3, 0.4) is 0 Å². The lowest BCUT2D eigenvalue weighted by molar-refractivity contribution is -0.384. The second-order valence-corrected chi connectivity index (χ2v) is 8.96. The monoisotopic (exact) mass is 471 g/mol. The highest BCUT2D eigenvalue weighted by Gasteiger charge is 2.23. The van der Waals surface area contributed by atoms with Gasteiger partial charge in [0.05, 0.1) is 15.6 Å². The maximum absolute atomic E-state index is 12.8. The van der Waals surface area contributed by atoms with Gasteiger partial charge >= 0.3 is 0 Å². The van der Waals surface area contributed by atoms with E-state index in [4.69, 9.17) is 11.6 Å². The van der Waals surface area contributed by atoms with Crippen LogP contribution in [-0.2, 0) is 0 Å². The molecule has 2 aromatic carbocycles. The highest BCUT2D eigenvalue weighted by molar-refractivity contribution is 6.33. The van der Waals surface area contributed by atoms with Crippen LogP contribution in [0.5, 0.6) is 0 Å². The molecule has 33 heavy (non-hydrogen) atoms. The number of piperazine rings is 1. The van der Waals surface area contributed by atoms with E-state index in [1.54, 1.807) is 18.2 Å². The first-order chi connectivity index (χ1) is 16.0. The van der Waals surface area contributed by atoms with Gasteiger partial charge in [0.15, 0.2) is 0 Å². The molecule has 0 bridgehead atoms. The van der Waals surface area contributed by atoms with Crippen molar-refractivity contribution in [3.63, 3.8) is 0 Å². The summed E-state index contributed by atoms with van der Waals surface area (Å²) in [5.41, 5.74) is 2.30. The quantitative estimate of drug-likeness (QED) is 0.488. The molecule has 2 heterocycles. The van der Waals surface area contributed by atoms with Gasteiger partial charge in [0, 0.05) is 56.6 Å². The number of carbonyl (C=O) groups is 1. The zero-order valence-corrected chi connectivity index (χ0v) is 19.7. The number of piperidine rings is 1. The van der Waals surface area contributed by atoms with Crippen molar-refractivity contribution < 1.29 is 9.72 Å². The Morgan fingerprint density at radius 3 is 2.27 bits per heavy atom. The summed E-state index contributed by atoms with van der Waals surface area (Å²) in [6.07, 6.45) is 3.18. The molecule has 4 rings (SSSR count). The zero-order chi connectivity index (χ0) is 23.4. The molecule has 2 fully saturated rings. The van der Waals surface area contributed by atoms with Gasteiger partial charge in [-0.05, 0) is 56.1 Å². The predicted octanol–water partition coefficient (Wildman–Crippen LogP) is 4.63. The molecule has 176 valence electrons. The highest BCUT2D eigenvalue weighted by atomic mass is 35.5. The van der Waals surface area contributed by atoms with Gasteiger partial charge < -0.3 is 20.0 Å². The summed E-state index contributed by atoms with van der Waals surface area (Å²) in [5, 5.41) is 15.1. The number of likely N-dealkylation sites (N-methyl/N-ethyl adjacent to an activating group) is 1. The minimum Gasteiger partial charge on any atom is -0.368 e. The van der Waals surface area contributed by atoms with Gasteiger partial charge in [0.25, 0.3) is 11.6 Å². The van der Waals surface area contributed by atoms with Crippen LogP contribution in [0.2, 0.25) is 5.02 Å². The van der Waals surface area contributed by atoms with E-state index in [-0.39, 0.29) is 11.3 Å². The predicted molar refractivity (Wildman–Crippen MR) is 133 cm³/mol. The summed E-state index contributed by atoms with van der Waals surface area (Å²) < 4.78 is 0. The molecule has 0 aliphatic carbocycles. The number of nitro benzene ring substituents is 1. The Labute approximate surface area is 199 Å². The Kier molecular flexibility index (Phi) is 7.35. The van der Waals surface area contributed by atoms with E-state index < -0.39 is 10.8 Å². The van der Waals surface area contributed by atoms with Crippen molar-refractivity contribution in [2.24, 2.45) is 0 Å². The second-order valence-electron chi connectivity index (χ2n) is 8.55. The minimum atomic E-state index is -0.412. The molecule has 1 N–H and O–H groups in total. The Hall–Kier alpha value is -2.84. The summed E-state index contributed by atoms with van der Waals surface area (Å²) in [6, 6.07) is 10.2. The van der Waals surface area contributed by atoms with Crippen molar-refractivity contribution in [1.29, 1.82) is 0 Å². The largest absolute Gasteiger partial charge is 0.368 e. The normalized spacial score (nSPS) is 17.2. The molecule has 0 aromatic heterocycles. The Morgan fingerprint density at radius 1 is 0.970 bits per heavy atom. The van der Waals surface area contributed by atoms with Crippen LogP contribution in [0, 0.1) is 10.1 Å². The molecule has 0 spiro atoms. The van der Waals surface area contributed by atoms with Gasteiger partial charge in [0.1, 0.15) is 5.69 Å². The summed E-state index contributed by atoms with van der Waals surface area (Å²) in [4.78, 5) is 30.8. The van der Waals surface area contributed by atoms with Crippen LogP contribution in [0.1, 0.15) is 36.5 Å². The Morgan fingerprint density at radius 2 is 1.64 bits per heavy atom. The van der Waals surface area contributed by atoms with E-state index in [9.17, 15) is 14.9 Å². The Balaban J connectivity index is 1.47. The molecule has 9 heteroatoms. The molecule has 0 saturated carbocycles. The molecule has 2 aliphatic heterocycles. The average molecular weight is 472 g/mol. The number of anilines is 3. The number of rotatable bonds is 6. The second kappa shape index (κ2) is 10.4. The van der Waals surface area contributed by atoms with Crippen molar-refractivity contribution >= 4 is 40.3 Å². The van der Waals surface area contributed by atoms with Crippen LogP contribution < -0.4 is 15.1 Å². The first-order valence-electron chi connectivity index (χ1n) is 11.6. The maximum Gasteiger partial charge on any atom is 0.293 e. The fourth-order valence-electron chi connectivity index (χ4n) is 4.56. The number of amides is 1. The maximum atomic E-state index is 12.8. The van der Waals surface area contributed by atoms with Crippen LogP contribution in [-0.4, -0.2) is 61.5 Å². The zero-order valence-electron chi connectivity index (χ0n) is 18.9. The van der Waals surface area contributed by atoms with Gasteiger partial charge in [-0.1, -0.05) is 18.5 Å². The molecule has 1 amide bonds. The number of halogens is 1. The molecule has 0 radical (unpaired) electrons. The molecule has 0 unspecified atom stereocenters. The number of nitrogens with one attached hydrogen (secondary N) is 1. The molecular weight excluding hydrogens is 442 g/mol. The average Bonchev–Trinajstić information content (AvgIpc) is 2.84. The third-order valence-corrected chi connectivity index (χ3v) is 6.80. The van der Waals surface area contributed by atoms with Gasteiger partial charge in [-0.3, -0.25) is 14.9 Å². The van der Waals surface area contributed by atoms with Crippen LogP contribution in [0.15, 0.2) is 36.4 Å². The lowest BCUT2D eigenvalue weighted by atomic mass is 10.1. The number of nitro groups is 1. The first-order valence-corrected chi connectivity index (χ1v) is 12.0. The molecular formula is C24H30ClN5O3. The number of carbonyl (C=O) groups excluding carboxylic acids is 1. The number of hydrogen-bond acceptors (Lipinski definition) is 6. The van der Waals surface area contributed by atoms with E-state index in [2.05, 4.69) is 22.0 Å². The molecule has 0 atom stereocenters. The van der Waals surface area contributed by atoms with Gasteiger partial charge in [-0.15, -0.1) is 0 Å². The highest BCUT2D eigenvalue weighted by Crippen LogP contribution is 2.33. The van der Waals surface area contributed by atoms with Crippen molar-refractivity contribution in [2.45, 2.75) is 26.2 Å². The van der Waals surface area contributed by atoms with Crippen LogP contribution in [0.25, 0.3) is 0 Å². The van der Waals surface area contributed by atoms with Gasteiger partial charge in [-0.2, -0.15) is 0 Å². The number of benzene rings is 2. The molecule has 2 saturated heterocycles. The molecule has 8 nitrogen and oxygen atoms in total. The van der Waals surface area contributed by atoms with Crippen LogP contribution in [0.4, 0.5) is 22.7 Å². The van der Waals surface area contributed by atoms with E-state index >= 15 is 0 Å². The van der Waals surface area contributed by atoms with Gasteiger partial charge in [0.2, 0.25) is 0 Å². The topological polar surface area (TPSA) is 82.0 Å². The van der Waals surface area contributed by atoms with E-state index in [0.717, 1.165) is 70.8 Å². The lowest BCUT2D eigenvalue weighted by Crippen LogP contribution is -2.46. The van der Waals surface area contributed by atoms with Gasteiger partial charge in [-0.25, -0.2) is 0 Å². The first kappa shape index (κ1) is 23.3. The lowest BCUT2D eigenvalue weighted by Gasteiger charge is -2.36. The Bertz CT molecular complexity index is 1020. The minimum absolute atomic E-state index is 0.0378. The fraction of sp³-hybridized carbons (Fsp3) is 0.458. The summed E-state index contributed by atoms with van der Waals surface area (Å²) >= 11 is 6.53. The number of nitrogens with zero attached hydrogens (tertiary/aromatic N) is 4. The van der Waals surface area contributed by atoms with Crippen molar-refractivity contribution in [3.05, 3.63) is 57.1 Å². The van der Waals surface area contributed by atoms with Crippen molar-refractivity contribution in [1.82, 2.24) is 4.90 Å². The third kappa shape index (κ3) is 5.39. The summed E-state index contributed by atoms with van der Waals surface area (Å²) in [5.74, 6) is -0.399. The fourth-order valence-corrected chi connectivity index (χ4v) is 4.86. The van der Waals surface area contributed by atoms with E-state index in [1.807, 2.05) is 17.0 Å². The smallest absolute Gasteiger partial charge is 0.293 e. The standard InChI is InChI=1S/C24H30ClN5O3/c1-2-27-12-14-29(15-13-27)21-9-7-19(17-20(21)25)26-24(31)18-6-8-22(23(16-18)30(32)33)28-10-4-3-5-11-28/h6-9,16-17H,2-5,10-15H2,1H3,(H,26,31). The van der Waals surface area contributed by atoms with Crippen molar-refractivity contribution in [3.8, 4) is 0 Å². The summed E-state index contributed by atoms with van der Waals surface area (Å²) in [7, 11) is 0. The van der Waals surface area contributed by atoms with Crippen molar-refractivity contribution in [2.75, 3.05) is 60.9 Å². The SMILES string of the molecule is CCN1CCN(c2ccc(NC(=O)c3ccc(N4CCCCC4)c([N+](=O)[O-])c3)cc2Cl)CC1. The third-order valence-electron chi connectivity index (χ3n) is 6.50. The molecule has 2 aromatic rings. The summed E-state index contributed by atoms with van der Waals surface area (Å²) in [6.45, 7) is 8.61. The van der Waals surface area contributed by atoms with E-state index in [1.165, 1.54) is 6.07 Å². The number of hydrogen-bond donors (Lipinski definition) is 1. The molecule has 2 aliphatic rings. The van der Waals surface area contributed by atoms with E-state index in [0.29, 0.717) is 16.4 Å². The van der Waals surface area contributed by atoms with Crippen LogP contribution >= 0.6 is 11.6 Å².